The maximum atomic E-state index is 5.16. The van der Waals surface area contributed by atoms with Crippen LogP contribution in [0, 0.1) is 0 Å². The van der Waals surface area contributed by atoms with Crippen molar-refractivity contribution in [2.45, 2.75) is 19.3 Å². The average molecular weight is 654 g/mol. The van der Waals surface area contributed by atoms with Crippen LogP contribution in [0.4, 0.5) is 0 Å². The Hall–Kier alpha value is -6.45. The normalized spacial score (nSPS) is 12.7. The number of pyridine rings is 1. The van der Waals surface area contributed by atoms with Crippen LogP contribution in [-0.4, -0.2) is 15.0 Å². The second kappa shape index (κ2) is 12.5. The molecule has 0 aliphatic heterocycles. The molecule has 0 saturated carbocycles. The fraction of sp³-hybridized carbons (Fsp3) is 0.0625. The van der Waals surface area contributed by atoms with E-state index in [-0.39, 0.29) is 5.41 Å². The summed E-state index contributed by atoms with van der Waals surface area (Å²) in [6, 6.07) is 58.2. The standard InChI is InChI=1S/C48H35N3/c1-48(2)43-14-7-6-11-41(43)42-13-8-12-40(46(42)48)36-19-23-38(24-20-36)45-31-44(37-21-15-33(16-22-37)32-9-4-3-5-10-32)50-47(51-45)39-25-17-34(18-26-39)35-27-29-49-30-28-35/h3-31H,1-2H3. The third kappa shape index (κ3) is 5.53. The highest BCUT2D eigenvalue weighted by molar-refractivity contribution is 5.88. The summed E-state index contributed by atoms with van der Waals surface area (Å²) in [4.78, 5) is 14.4. The Balaban J connectivity index is 1.11. The lowest BCUT2D eigenvalue weighted by atomic mass is 9.79. The minimum absolute atomic E-state index is 0.0827. The Labute approximate surface area is 299 Å². The number of hydrogen-bond acceptors (Lipinski definition) is 3. The van der Waals surface area contributed by atoms with Crippen molar-refractivity contribution in [3.63, 3.8) is 0 Å². The molecule has 242 valence electrons. The van der Waals surface area contributed by atoms with Crippen molar-refractivity contribution >= 4 is 0 Å². The molecule has 0 spiro atoms. The molecule has 6 aromatic carbocycles. The van der Waals surface area contributed by atoms with E-state index in [1.54, 1.807) is 0 Å². The van der Waals surface area contributed by atoms with Crippen molar-refractivity contribution in [2.75, 3.05) is 0 Å². The molecule has 2 aromatic heterocycles. The molecule has 8 aromatic rings. The van der Waals surface area contributed by atoms with E-state index in [0.717, 1.165) is 39.2 Å². The maximum Gasteiger partial charge on any atom is 0.160 e. The van der Waals surface area contributed by atoms with Crippen LogP contribution >= 0.6 is 0 Å². The summed E-state index contributed by atoms with van der Waals surface area (Å²) in [5.41, 5.74) is 17.3. The number of fused-ring (bicyclic) bond motifs is 3. The van der Waals surface area contributed by atoms with Gasteiger partial charge in [-0.05, 0) is 73.8 Å². The number of rotatable bonds is 6. The minimum atomic E-state index is -0.0827. The molecule has 0 saturated heterocycles. The molecule has 0 atom stereocenters. The molecule has 0 bridgehead atoms. The smallest absolute Gasteiger partial charge is 0.160 e. The highest BCUT2D eigenvalue weighted by atomic mass is 14.9. The molecule has 1 aliphatic rings. The SMILES string of the molecule is CC1(C)c2ccccc2-c2cccc(-c3ccc(-c4cc(-c5ccc(-c6ccccc6)cc5)nc(-c5ccc(-c6ccncc6)cc5)n4)cc3)c21. The highest BCUT2D eigenvalue weighted by Gasteiger charge is 2.37. The van der Waals surface area contributed by atoms with E-state index in [2.05, 4.69) is 164 Å². The van der Waals surface area contributed by atoms with Gasteiger partial charge in [0.05, 0.1) is 11.4 Å². The third-order valence-electron chi connectivity index (χ3n) is 10.2. The average Bonchev–Trinajstić information content (AvgIpc) is 3.45. The first-order valence-electron chi connectivity index (χ1n) is 17.4. The van der Waals surface area contributed by atoms with Gasteiger partial charge in [0.2, 0.25) is 0 Å². The highest BCUT2D eigenvalue weighted by Crippen LogP contribution is 2.52. The first-order chi connectivity index (χ1) is 25.0. The van der Waals surface area contributed by atoms with Gasteiger partial charge in [-0.3, -0.25) is 4.98 Å². The summed E-state index contributed by atoms with van der Waals surface area (Å²) in [6.07, 6.45) is 3.64. The molecule has 1 aliphatic carbocycles. The van der Waals surface area contributed by atoms with Gasteiger partial charge < -0.3 is 0 Å². The largest absolute Gasteiger partial charge is 0.265 e. The molecule has 2 heterocycles. The number of nitrogens with zero attached hydrogens (tertiary/aromatic N) is 3. The van der Waals surface area contributed by atoms with Gasteiger partial charge in [0.1, 0.15) is 0 Å². The van der Waals surface area contributed by atoms with E-state index in [0.29, 0.717) is 5.82 Å². The van der Waals surface area contributed by atoms with Crippen LogP contribution < -0.4 is 0 Å². The molecule has 3 nitrogen and oxygen atoms in total. The molecule has 0 radical (unpaired) electrons. The molecule has 0 unspecified atom stereocenters. The Kier molecular flexibility index (Phi) is 7.48. The molecular formula is C48H35N3. The van der Waals surface area contributed by atoms with Gasteiger partial charge in [-0.15, -0.1) is 0 Å². The molecule has 3 heteroatoms. The Morgan fingerprint density at radius 1 is 0.373 bits per heavy atom. The Morgan fingerprint density at radius 2 is 0.843 bits per heavy atom. The Bertz CT molecular complexity index is 2400. The predicted molar refractivity (Wildman–Crippen MR) is 210 cm³/mol. The summed E-state index contributed by atoms with van der Waals surface area (Å²) in [5.74, 6) is 0.695. The lowest BCUT2D eigenvalue weighted by molar-refractivity contribution is 0.662. The lowest BCUT2D eigenvalue weighted by Crippen LogP contribution is -2.16. The van der Waals surface area contributed by atoms with Gasteiger partial charge in [-0.25, -0.2) is 9.97 Å². The van der Waals surface area contributed by atoms with Crippen molar-refractivity contribution < 1.29 is 0 Å². The third-order valence-corrected chi connectivity index (χ3v) is 10.2. The number of benzene rings is 6. The fourth-order valence-electron chi connectivity index (χ4n) is 7.60. The van der Waals surface area contributed by atoms with E-state index in [9.17, 15) is 0 Å². The van der Waals surface area contributed by atoms with Crippen LogP contribution in [-0.2, 0) is 5.41 Å². The van der Waals surface area contributed by atoms with Gasteiger partial charge in [0.25, 0.3) is 0 Å². The quantitative estimate of drug-likeness (QED) is 0.179. The number of aromatic nitrogens is 3. The van der Waals surface area contributed by atoms with E-state index in [1.165, 1.54) is 44.5 Å². The van der Waals surface area contributed by atoms with E-state index in [1.807, 2.05) is 30.6 Å². The van der Waals surface area contributed by atoms with E-state index >= 15 is 0 Å². The second-order valence-electron chi connectivity index (χ2n) is 13.7. The van der Waals surface area contributed by atoms with Crippen LogP contribution in [0.5, 0.6) is 0 Å². The topological polar surface area (TPSA) is 38.7 Å². The maximum absolute atomic E-state index is 5.16. The summed E-state index contributed by atoms with van der Waals surface area (Å²) >= 11 is 0. The van der Waals surface area contributed by atoms with Gasteiger partial charge in [0.15, 0.2) is 5.82 Å². The van der Waals surface area contributed by atoms with Crippen LogP contribution in [0.3, 0.4) is 0 Å². The van der Waals surface area contributed by atoms with Crippen molar-refractivity contribution in [1.29, 1.82) is 0 Å². The molecule has 0 fully saturated rings. The van der Waals surface area contributed by atoms with Crippen molar-refractivity contribution in [1.82, 2.24) is 15.0 Å². The zero-order valence-electron chi connectivity index (χ0n) is 28.6. The Morgan fingerprint density at radius 3 is 1.49 bits per heavy atom. The second-order valence-corrected chi connectivity index (χ2v) is 13.7. The van der Waals surface area contributed by atoms with Crippen LogP contribution in [0.2, 0.25) is 0 Å². The van der Waals surface area contributed by atoms with Gasteiger partial charge >= 0.3 is 0 Å². The van der Waals surface area contributed by atoms with Gasteiger partial charge in [-0.2, -0.15) is 0 Å². The first-order valence-corrected chi connectivity index (χ1v) is 17.4. The van der Waals surface area contributed by atoms with Crippen LogP contribution in [0.1, 0.15) is 25.0 Å². The molecule has 51 heavy (non-hydrogen) atoms. The van der Waals surface area contributed by atoms with Crippen molar-refractivity contribution in [3.8, 4) is 78.4 Å². The lowest BCUT2D eigenvalue weighted by Gasteiger charge is -2.24. The molecule has 0 amide bonds. The molecule has 0 N–H and O–H groups in total. The molecular weight excluding hydrogens is 619 g/mol. The van der Waals surface area contributed by atoms with Gasteiger partial charge in [0, 0.05) is 34.5 Å². The summed E-state index contributed by atoms with van der Waals surface area (Å²) < 4.78 is 0. The van der Waals surface area contributed by atoms with E-state index in [4.69, 9.17) is 9.97 Å². The number of hydrogen-bond donors (Lipinski definition) is 0. The zero-order chi connectivity index (χ0) is 34.4. The first kappa shape index (κ1) is 30.6. The molecule has 9 rings (SSSR count). The van der Waals surface area contributed by atoms with Crippen molar-refractivity contribution in [3.05, 3.63) is 187 Å². The van der Waals surface area contributed by atoms with Crippen LogP contribution in [0.15, 0.2) is 176 Å². The summed E-state index contributed by atoms with van der Waals surface area (Å²) in [5, 5.41) is 0. The predicted octanol–water partition coefficient (Wildman–Crippen LogP) is 12.2. The fourth-order valence-corrected chi connectivity index (χ4v) is 7.60. The zero-order valence-corrected chi connectivity index (χ0v) is 28.6. The monoisotopic (exact) mass is 653 g/mol. The van der Waals surface area contributed by atoms with Gasteiger partial charge in [-0.1, -0.05) is 159 Å². The minimum Gasteiger partial charge on any atom is -0.265 e. The summed E-state index contributed by atoms with van der Waals surface area (Å²) in [7, 11) is 0. The van der Waals surface area contributed by atoms with Crippen molar-refractivity contribution in [2.24, 2.45) is 0 Å². The van der Waals surface area contributed by atoms with E-state index < -0.39 is 0 Å². The van der Waals surface area contributed by atoms with Crippen LogP contribution in [0.25, 0.3) is 78.4 Å². The summed E-state index contributed by atoms with van der Waals surface area (Å²) in [6.45, 7) is 4.69.